The first-order valence-corrected chi connectivity index (χ1v) is 7.25. The summed E-state index contributed by atoms with van der Waals surface area (Å²) in [7, 11) is 0. The Morgan fingerprint density at radius 2 is 2.00 bits per heavy atom. The highest BCUT2D eigenvalue weighted by molar-refractivity contribution is 14.1. The molecule has 1 heterocycles. The molecule has 0 aliphatic carbocycles. The van der Waals surface area contributed by atoms with E-state index in [1.165, 1.54) is 14.7 Å². The fraction of sp³-hybridized carbons (Fsp3) is 0.357. The monoisotopic (exact) mass is 355 g/mol. The molecule has 0 saturated heterocycles. The van der Waals surface area contributed by atoms with Crippen LogP contribution in [0, 0.1) is 10.5 Å². The van der Waals surface area contributed by atoms with E-state index >= 15 is 0 Å². The molecule has 0 radical (unpaired) electrons. The molecule has 0 amide bonds. The highest BCUT2D eigenvalue weighted by Crippen LogP contribution is 2.10. The molecule has 0 saturated carbocycles. The summed E-state index contributed by atoms with van der Waals surface area (Å²) < 4.78 is 3.28. The van der Waals surface area contributed by atoms with Gasteiger partial charge in [0.2, 0.25) is 0 Å². The lowest BCUT2D eigenvalue weighted by atomic mass is 10.2. The zero-order valence-corrected chi connectivity index (χ0v) is 12.9. The van der Waals surface area contributed by atoms with Gasteiger partial charge in [-0.1, -0.05) is 19.1 Å². The van der Waals surface area contributed by atoms with Crippen LogP contribution in [-0.2, 0) is 13.1 Å². The van der Waals surface area contributed by atoms with Gasteiger partial charge in [-0.25, -0.2) is 0 Å². The van der Waals surface area contributed by atoms with E-state index in [0.717, 1.165) is 25.3 Å². The largest absolute Gasteiger partial charge is 0.313 e. The summed E-state index contributed by atoms with van der Waals surface area (Å²) >= 11 is 2.32. The second kappa shape index (κ2) is 6.33. The van der Waals surface area contributed by atoms with E-state index in [1.807, 2.05) is 4.68 Å². The Bertz CT molecular complexity index is 502. The predicted octanol–water partition coefficient (Wildman–Crippen LogP) is 2.95. The Balaban J connectivity index is 2.07. The fourth-order valence-electron chi connectivity index (χ4n) is 1.85. The van der Waals surface area contributed by atoms with Crippen LogP contribution in [0.1, 0.15) is 23.7 Å². The average molecular weight is 355 g/mol. The van der Waals surface area contributed by atoms with Crippen molar-refractivity contribution in [2.45, 2.75) is 26.9 Å². The Labute approximate surface area is 122 Å². The van der Waals surface area contributed by atoms with Crippen LogP contribution in [0.15, 0.2) is 30.5 Å². The second-order valence-electron chi connectivity index (χ2n) is 4.34. The number of nitrogens with one attached hydrogen (secondary N) is 1. The standard InChI is InChI=1S/C14H18IN3/c1-3-16-8-13-10-18(17-11(13)2)9-12-4-6-14(15)7-5-12/h4-7,10,16H,3,8-9H2,1-2H3. The molecule has 4 heteroatoms. The molecule has 18 heavy (non-hydrogen) atoms. The highest BCUT2D eigenvalue weighted by atomic mass is 127. The normalized spacial score (nSPS) is 10.8. The quantitative estimate of drug-likeness (QED) is 0.836. The van der Waals surface area contributed by atoms with Crippen molar-refractivity contribution < 1.29 is 0 Å². The predicted molar refractivity (Wildman–Crippen MR) is 82.6 cm³/mol. The molecule has 1 N–H and O–H groups in total. The molecule has 3 nitrogen and oxygen atoms in total. The molecule has 1 aromatic heterocycles. The third-order valence-electron chi connectivity index (χ3n) is 2.87. The zero-order valence-electron chi connectivity index (χ0n) is 10.8. The summed E-state index contributed by atoms with van der Waals surface area (Å²) in [5.41, 5.74) is 3.68. The van der Waals surface area contributed by atoms with Crippen LogP contribution < -0.4 is 5.32 Å². The molecule has 0 aliphatic rings. The molecular formula is C14H18IN3. The van der Waals surface area contributed by atoms with Gasteiger partial charge in [-0.2, -0.15) is 5.10 Å². The first kappa shape index (κ1) is 13.5. The minimum Gasteiger partial charge on any atom is -0.313 e. The van der Waals surface area contributed by atoms with Crippen molar-refractivity contribution in [1.82, 2.24) is 15.1 Å². The topological polar surface area (TPSA) is 29.9 Å². The van der Waals surface area contributed by atoms with Crippen LogP contribution in [0.5, 0.6) is 0 Å². The Morgan fingerprint density at radius 1 is 1.28 bits per heavy atom. The van der Waals surface area contributed by atoms with Gasteiger partial charge in [0.05, 0.1) is 12.2 Å². The first-order valence-electron chi connectivity index (χ1n) is 6.17. The maximum absolute atomic E-state index is 4.56. The SMILES string of the molecule is CCNCc1cn(Cc2ccc(I)cc2)nc1C. The molecular weight excluding hydrogens is 337 g/mol. The van der Waals surface area contributed by atoms with Crippen molar-refractivity contribution in [1.29, 1.82) is 0 Å². The van der Waals surface area contributed by atoms with Crippen molar-refractivity contribution in [3.05, 3.63) is 50.9 Å². The van der Waals surface area contributed by atoms with E-state index in [9.17, 15) is 0 Å². The molecule has 0 unspecified atom stereocenters. The van der Waals surface area contributed by atoms with E-state index in [4.69, 9.17) is 0 Å². The van der Waals surface area contributed by atoms with Crippen LogP contribution >= 0.6 is 22.6 Å². The maximum Gasteiger partial charge on any atom is 0.0659 e. The summed E-state index contributed by atoms with van der Waals surface area (Å²) in [6.45, 7) is 6.91. The van der Waals surface area contributed by atoms with Gasteiger partial charge in [-0.15, -0.1) is 0 Å². The van der Waals surface area contributed by atoms with Crippen LogP contribution in [0.4, 0.5) is 0 Å². The Morgan fingerprint density at radius 3 is 2.67 bits per heavy atom. The van der Waals surface area contributed by atoms with E-state index in [0.29, 0.717) is 0 Å². The van der Waals surface area contributed by atoms with Gasteiger partial charge in [-0.05, 0) is 53.8 Å². The minimum atomic E-state index is 0.837. The van der Waals surface area contributed by atoms with Crippen LogP contribution in [0.2, 0.25) is 0 Å². The zero-order chi connectivity index (χ0) is 13.0. The molecule has 0 atom stereocenters. The van der Waals surface area contributed by atoms with Gasteiger partial charge in [0.1, 0.15) is 0 Å². The smallest absolute Gasteiger partial charge is 0.0659 e. The van der Waals surface area contributed by atoms with Crippen molar-refractivity contribution in [3.8, 4) is 0 Å². The lowest BCUT2D eigenvalue weighted by Crippen LogP contribution is -2.11. The number of hydrogen-bond acceptors (Lipinski definition) is 2. The van der Waals surface area contributed by atoms with Gasteiger partial charge < -0.3 is 5.32 Å². The lowest BCUT2D eigenvalue weighted by Gasteiger charge is -2.02. The third-order valence-corrected chi connectivity index (χ3v) is 3.59. The Kier molecular flexibility index (Phi) is 4.77. The van der Waals surface area contributed by atoms with Gasteiger partial charge in [0, 0.05) is 21.9 Å². The average Bonchev–Trinajstić information content (AvgIpc) is 2.70. The van der Waals surface area contributed by atoms with Gasteiger partial charge >= 0.3 is 0 Å². The van der Waals surface area contributed by atoms with Crippen LogP contribution in [-0.4, -0.2) is 16.3 Å². The van der Waals surface area contributed by atoms with Crippen molar-refractivity contribution in [2.24, 2.45) is 0 Å². The Hall–Kier alpha value is -0.880. The highest BCUT2D eigenvalue weighted by Gasteiger charge is 2.04. The number of benzene rings is 1. The van der Waals surface area contributed by atoms with Crippen molar-refractivity contribution in [3.63, 3.8) is 0 Å². The second-order valence-corrected chi connectivity index (χ2v) is 5.59. The van der Waals surface area contributed by atoms with Crippen molar-refractivity contribution in [2.75, 3.05) is 6.54 Å². The summed E-state index contributed by atoms with van der Waals surface area (Å²) in [4.78, 5) is 0. The molecule has 0 fully saturated rings. The molecule has 0 aliphatic heterocycles. The fourth-order valence-corrected chi connectivity index (χ4v) is 2.21. The summed E-state index contributed by atoms with van der Waals surface area (Å²) in [5.74, 6) is 0. The number of nitrogens with zero attached hydrogens (tertiary/aromatic N) is 2. The molecule has 1 aromatic carbocycles. The van der Waals surface area contributed by atoms with E-state index < -0.39 is 0 Å². The maximum atomic E-state index is 4.56. The molecule has 2 aromatic rings. The van der Waals surface area contributed by atoms with Gasteiger partial charge in [-0.3, -0.25) is 4.68 Å². The first-order chi connectivity index (χ1) is 8.69. The molecule has 0 spiro atoms. The van der Waals surface area contributed by atoms with E-state index in [1.54, 1.807) is 0 Å². The summed E-state index contributed by atoms with van der Waals surface area (Å²) in [5, 5.41) is 7.89. The summed E-state index contributed by atoms with van der Waals surface area (Å²) in [6, 6.07) is 8.57. The number of hydrogen-bond donors (Lipinski definition) is 1. The molecule has 0 bridgehead atoms. The lowest BCUT2D eigenvalue weighted by molar-refractivity contribution is 0.678. The van der Waals surface area contributed by atoms with Gasteiger partial charge in [0.25, 0.3) is 0 Å². The number of aromatic nitrogens is 2. The molecule has 2 rings (SSSR count). The summed E-state index contributed by atoms with van der Waals surface area (Å²) in [6.07, 6.45) is 2.13. The van der Waals surface area contributed by atoms with Gasteiger partial charge in [0.15, 0.2) is 0 Å². The minimum absolute atomic E-state index is 0.837. The van der Waals surface area contributed by atoms with Crippen LogP contribution in [0.25, 0.3) is 0 Å². The number of rotatable bonds is 5. The van der Waals surface area contributed by atoms with Crippen molar-refractivity contribution >= 4 is 22.6 Å². The number of aryl methyl sites for hydroxylation is 1. The van der Waals surface area contributed by atoms with E-state index in [2.05, 4.69) is 77.3 Å². The number of halogens is 1. The van der Waals surface area contributed by atoms with E-state index in [-0.39, 0.29) is 0 Å². The van der Waals surface area contributed by atoms with Crippen LogP contribution in [0.3, 0.4) is 0 Å². The molecule has 96 valence electrons. The third kappa shape index (κ3) is 3.55.